The lowest BCUT2D eigenvalue weighted by Crippen LogP contribution is -2.15. The molecule has 0 radical (unpaired) electrons. The van der Waals surface area contributed by atoms with Crippen molar-refractivity contribution in [3.05, 3.63) is 40.5 Å². The van der Waals surface area contributed by atoms with Gasteiger partial charge in [-0.15, -0.1) is 0 Å². The molecule has 2 aromatic rings. The fourth-order valence-electron chi connectivity index (χ4n) is 1.68. The first kappa shape index (κ1) is 15.0. The van der Waals surface area contributed by atoms with Gasteiger partial charge < -0.3 is 20.6 Å². The number of oxime groups is 1. The van der Waals surface area contributed by atoms with Gasteiger partial charge in [-0.2, -0.15) is 4.98 Å². The van der Waals surface area contributed by atoms with Gasteiger partial charge in [0.25, 0.3) is 0 Å². The van der Waals surface area contributed by atoms with Crippen molar-refractivity contribution in [2.75, 3.05) is 19.1 Å². The molecule has 8 heteroatoms. The number of methoxy groups -OCH3 is 1. The zero-order chi connectivity index (χ0) is 15.4. The lowest BCUT2D eigenvalue weighted by atomic mass is 10.2. The number of anilines is 2. The van der Waals surface area contributed by atoms with Crippen molar-refractivity contribution in [2.45, 2.75) is 0 Å². The number of benzene rings is 1. The number of nitrogens with zero attached hydrogens (tertiary/aromatic N) is 4. The lowest BCUT2D eigenvalue weighted by molar-refractivity contribution is 0.318. The maximum atomic E-state index is 8.64. The largest absolute Gasteiger partial charge is 0.480 e. The van der Waals surface area contributed by atoms with E-state index >= 15 is 0 Å². The van der Waals surface area contributed by atoms with Crippen molar-refractivity contribution < 1.29 is 9.94 Å². The minimum absolute atomic E-state index is 0.0609. The number of amidine groups is 1. The molecule has 3 N–H and O–H groups in total. The summed E-state index contributed by atoms with van der Waals surface area (Å²) in [6.45, 7) is 0. The summed E-state index contributed by atoms with van der Waals surface area (Å²) in [6, 6.07) is 7.14. The van der Waals surface area contributed by atoms with Gasteiger partial charge in [-0.1, -0.05) is 5.16 Å². The molecule has 0 amide bonds. The fraction of sp³-hybridized carbons (Fsp3) is 0.154. The Morgan fingerprint density at radius 3 is 2.62 bits per heavy atom. The molecule has 0 aliphatic heterocycles. The molecular weight excluding hydrogens is 338 g/mol. The molecule has 0 unspecified atom stereocenters. The smallest absolute Gasteiger partial charge is 0.232 e. The maximum Gasteiger partial charge on any atom is 0.232 e. The van der Waals surface area contributed by atoms with Crippen molar-refractivity contribution >= 4 is 33.4 Å². The number of ether oxygens (including phenoxy) is 1. The van der Waals surface area contributed by atoms with Crippen molar-refractivity contribution in [3.63, 3.8) is 0 Å². The highest BCUT2D eigenvalue weighted by molar-refractivity contribution is 9.10. The van der Waals surface area contributed by atoms with Gasteiger partial charge in [0, 0.05) is 18.3 Å². The standard InChI is InChI=1S/C13H14BrN5O2/c1-19(13-16-7-10(14)12(17-13)21-2)9-5-3-8(4-6-9)11(15)18-20/h3-7,20H,1-2H3,(H2,15,18). The SMILES string of the molecule is COc1nc(N(C)c2ccc(/C(N)=N/O)cc2)ncc1Br. The van der Waals surface area contributed by atoms with Crippen LogP contribution in [0.5, 0.6) is 5.88 Å². The van der Waals surface area contributed by atoms with Crippen LogP contribution in [-0.4, -0.2) is 35.2 Å². The van der Waals surface area contributed by atoms with E-state index in [2.05, 4.69) is 31.1 Å². The van der Waals surface area contributed by atoms with E-state index in [9.17, 15) is 0 Å². The molecule has 0 aliphatic carbocycles. The van der Waals surface area contributed by atoms with Crippen LogP contribution in [0.1, 0.15) is 5.56 Å². The molecule has 7 nitrogen and oxygen atoms in total. The molecule has 0 bridgehead atoms. The average Bonchev–Trinajstić information content (AvgIpc) is 2.54. The Morgan fingerprint density at radius 1 is 1.38 bits per heavy atom. The van der Waals surface area contributed by atoms with Crippen LogP contribution in [0.25, 0.3) is 0 Å². The van der Waals surface area contributed by atoms with Crippen molar-refractivity contribution in [1.82, 2.24) is 9.97 Å². The third-order valence-corrected chi connectivity index (χ3v) is 3.39. The highest BCUT2D eigenvalue weighted by Gasteiger charge is 2.11. The average molecular weight is 352 g/mol. The van der Waals surface area contributed by atoms with E-state index in [1.807, 2.05) is 19.2 Å². The van der Waals surface area contributed by atoms with Crippen molar-refractivity contribution in [1.29, 1.82) is 0 Å². The van der Waals surface area contributed by atoms with Gasteiger partial charge in [-0.05, 0) is 40.2 Å². The first-order valence-electron chi connectivity index (χ1n) is 5.95. The highest BCUT2D eigenvalue weighted by Crippen LogP contribution is 2.26. The molecule has 1 aromatic heterocycles. The summed E-state index contributed by atoms with van der Waals surface area (Å²) >= 11 is 3.31. The second-order valence-electron chi connectivity index (χ2n) is 4.12. The van der Waals surface area contributed by atoms with Crippen LogP contribution in [0.2, 0.25) is 0 Å². The third-order valence-electron chi connectivity index (χ3n) is 2.85. The van der Waals surface area contributed by atoms with Crippen LogP contribution in [0, 0.1) is 0 Å². The lowest BCUT2D eigenvalue weighted by Gasteiger charge is -2.18. The number of nitrogens with two attached hydrogens (primary N) is 1. The van der Waals surface area contributed by atoms with Gasteiger partial charge in [0.2, 0.25) is 11.8 Å². The monoisotopic (exact) mass is 351 g/mol. The summed E-state index contributed by atoms with van der Waals surface area (Å²) in [6.07, 6.45) is 1.63. The van der Waals surface area contributed by atoms with E-state index in [1.165, 1.54) is 0 Å². The van der Waals surface area contributed by atoms with Gasteiger partial charge in [0.1, 0.15) is 0 Å². The molecule has 110 valence electrons. The van der Waals surface area contributed by atoms with Crippen LogP contribution < -0.4 is 15.4 Å². The fourth-order valence-corrected chi connectivity index (χ4v) is 2.03. The summed E-state index contributed by atoms with van der Waals surface area (Å²) in [5, 5.41) is 11.6. The highest BCUT2D eigenvalue weighted by atomic mass is 79.9. The van der Waals surface area contributed by atoms with Gasteiger partial charge in [0.05, 0.1) is 17.8 Å². The van der Waals surface area contributed by atoms with E-state index in [-0.39, 0.29) is 5.84 Å². The van der Waals surface area contributed by atoms with E-state index in [4.69, 9.17) is 15.7 Å². The summed E-state index contributed by atoms with van der Waals surface area (Å²) in [5.41, 5.74) is 7.01. The Balaban J connectivity index is 2.29. The van der Waals surface area contributed by atoms with E-state index in [0.29, 0.717) is 21.9 Å². The molecule has 1 aromatic carbocycles. The van der Waals surface area contributed by atoms with E-state index < -0.39 is 0 Å². The predicted octanol–water partition coefficient (Wildman–Crippen LogP) is 2.11. The zero-order valence-electron chi connectivity index (χ0n) is 11.5. The Kier molecular flexibility index (Phi) is 4.59. The number of halogens is 1. The third kappa shape index (κ3) is 3.22. The molecule has 0 fully saturated rings. The Bertz CT molecular complexity index is 660. The zero-order valence-corrected chi connectivity index (χ0v) is 13.1. The molecule has 0 aliphatic rings. The first-order chi connectivity index (χ1) is 10.1. The maximum absolute atomic E-state index is 8.64. The minimum Gasteiger partial charge on any atom is -0.480 e. The number of aromatic nitrogens is 2. The van der Waals surface area contributed by atoms with E-state index in [0.717, 1.165) is 5.69 Å². The van der Waals surface area contributed by atoms with Crippen LogP contribution >= 0.6 is 15.9 Å². The van der Waals surface area contributed by atoms with Gasteiger partial charge in [-0.25, -0.2) is 4.98 Å². The van der Waals surface area contributed by atoms with Gasteiger partial charge >= 0.3 is 0 Å². The molecule has 21 heavy (non-hydrogen) atoms. The number of hydrogen-bond donors (Lipinski definition) is 2. The molecule has 0 saturated carbocycles. The summed E-state index contributed by atoms with van der Waals surface area (Å²) in [7, 11) is 3.38. The summed E-state index contributed by atoms with van der Waals surface area (Å²) in [4.78, 5) is 10.3. The van der Waals surface area contributed by atoms with Crippen LogP contribution in [0.4, 0.5) is 11.6 Å². The molecule has 0 atom stereocenters. The molecular formula is C13H14BrN5O2. The van der Waals surface area contributed by atoms with Crippen LogP contribution in [-0.2, 0) is 0 Å². The molecule has 2 rings (SSSR count). The van der Waals surface area contributed by atoms with Crippen LogP contribution in [0.3, 0.4) is 0 Å². The normalized spacial score (nSPS) is 11.3. The molecule has 0 spiro atoms. The summed E-state index contributed by atoms with van der Waals surface area (Å²) < 4.78 is 5.84. The first-order valence-corrected chi connectivity index (χ1v) is 6.74. The van der Waals surface area contributed by atoms with Gasteiger partial charge in [-0.3, -0.25) is 0 Å². The Hall–Kier alpha value is -2.35. The van der Waals surface area contributed by atoms with Crippen molar-refractivity contribution in [2.24, 2.45) is 10.9 Å². The number of rotatable bonds is 4. The predicted molar refractivity (Wildman–Crippen MR) is 83.3 cm³/mol. The Labute approximate surface area is 130 Å². The topological polar surface area (TPSA) is 96.9 Å². The molecule has 1 heterocycles. The second kappa shape index (κ2) is 6.40. The number of hydrogen-bond acceptors (Lipinski definition) is 6. The minimum atomic E-state index is 0.0609. The van der Waals surface area contributed by atoms with Gasteiger partial charge in [0.15, 0.2) is 5.84 Å². The van der Waals surface area contributed by atoms with Crippen LogP contribution in [0.15, 0.2) is 40.1 Å². The Morgan fingerprint density at radius 2 is 2.05 bits per heavy atom. The second-order valence-corrected chi connectivity index (χ2v) is 4.97. The molecule has 0 saturated heterocycles. The quantitative estimate of drug-likeness (QED) is 0.379. The summed E-state index contributed by atoms with van der Waals surface area (Å²) in [5.74, 6) is 1.01. The van der Waals surface area contributed by atoms with Crippen molar-refractivity contribution in [3.8, 4) is 5.88 Å². The van der Waals surface area contributed by atoms with E-state index in [1.54, 1.807) is 30.3 Å².